The van der Waals surface area contributed by atoms with Crippen LogP contribution in [0.5, 0.6) is 0 Å². The zero-order valence-electron chi connectivity index (χ0n) is 17.1. The Kier molecular flexibility index (Phi) is 5.89. The molecule has 6 N–H and O–H groups in total. The number of hydrogen-bond acceptors (Lipinski definition) is 6. The van der Waals surface area contributed by atoms with Crippen LogP contribution in [0.1, 0.15) is 17.5 Å². The summed E-state index contributed by atoms with van der Waals surface area (Å²) in [6, 6.07) is 11.6. The number of carbonyl (C=O) groups excluding carboxylic acids is 3. The summed E-state index contributed by atoms with van der Waals surface area (Å²) in [6.07, 6.45) is -2.04. The molecule has 0 aromatic heterocycles. The lowest BCUT2D eigenvalue weighted by atomic mass is 10.0. The first-order chi connectivity index (χ1) is 15.3. The molecular weight excluding hydrogens is 414 g/mol. The first-order valence-corrected chi connectivity index (χ1v) is 10.1. The lowest BCUT2D eigenvalue weighted by Gasteiger charge is -2.34. The Bertz CT molecular complexity index is 1080. The van der Waals surface area contributed by atoms with E-state index < -0.39 is 24.0 Å². The van der Waals surface area contributed by atoms with Crippen molar-refractivity contribution in [3.05, 3.63) is 53.6 Å². The van der Waals surface area contributed by atoms with Crippen molar-refractivity contribution in [3.8, 4) is 0 Å². The number of rotatable bonds is 5. The topological polar surface area (TPSA) is 158 Å². The lowest BCUT2D eigenvalue weighted by Crippen LogP contribution is -2.55. The predicted molar refractivity (Wildman–Crippen MR) is 118 cm³/mol. The largest absolute Gasteiger partial charge is 0.384 e. The minimum atomic E-state index is -1.73. The van der Waals surface area contributed by atoms with Crippen LogP contribution in [0, 0.1) is 5.41 Å². The van der Waals surface area contributed by atoms with E-state index in [2.05, 4.69) is 10.6 Å². The zero-order valence-corrected chi connectivity index (χ0v) is 17.1. The maximum Gasteiger partial charge on any atom is 0.259 e. The van der Waals surface area contributed by atoms with Gasteiger partial charge in [-0.05, 0) is 48.4 Å². The lowest BCUT2D eigenvalue weighted by molar-refractivity contribution is -0.150. The Labute approximate surface area is 183 Å². The highest BCUT2D eigenvalue weighted by Crippen LogP contribution is 2.29. The minimum Gasteiger partial charge on any atom is -0.384 e. The fourth-order valence-electron chi connectivity index (χ4n) is 3.70. The van der Waals surface area contributed by atoms with Gasteiger partial charge in [-0.15, -0.1) is 0 Å². The van der Waals surface area contributed by atoms with Gasteiger partial charge in [-0.2, -0.15) is 0 Å². The van der Waals surface area contributed by atoms with Crippen molar-refractivity contribution < 1.29 is 24.2 Å². The molecule has 166 valence electrons. The van der Waals surface area contributed by atoms with Crippen LogP contribution >= 0.6 is 0 Å². The average Bonchev–Trinajstić information content (AvgIpc) is 2.78. The third-order valence-corrected chi connectivity index (χ3v) is 5.44. The SMILES string of the molecule is N=C(N)c1ccc(NC(=O)C(O)[C@H]2OCCN(c3ccc4c(c3)NC(=O)CC4)C2=O)cc1. The Morgan fingerprint density at radius 2 is 1.97 bits per heavy atom. The zero-order chi connectivity index (χ0) is 22.8. The van der Waals surface area contributed by atoms with Crippen LogP contribution < -0.4 is 21.3 Å². The van der Waals surface area contributed by atoms with Crippen molar-refractivity contribution in [2.75, 3.05) is 28.7 Å². The summed E-state index contributed by atoms with van der Waals surface area (Å²) in [4.78, 5) is 38.7. The van der Waals surface area contributed by atoms with Gasteiger partial charge in [0, 0.05) is 35.6 Å². The van der Waals surface area contributed by atoms with Crippen molar-refractivity contribution in [3.63, 3.8) is 0 Å². The van der Waals surface area contributed by atoms with Gasteiger partial charge in [-0.3, -0.25) is 19.8 Å². The van der Waals surface area contributed by atoms with E-state index in [1.165, 1.54) is 4.90 Å². The molecule has 2 aliphatic rings. The molecule has 2 heterocycles. The second kappa shape index (κ2) is 8.77. The van der Waals surface area contributed by atoms with Crippen molar-refractivity contribution in [2.45, 2.75) is 25.0 Å². The predicted octanol–water partition coefficient (Wildman–Crippen LogP) is 0.587. The number of nitrogen functional groups attached to an aromatic ring is 1. The molecule has 0 saturated carbocycles. The maximum atomic E-state index is 13.0. The Morgan fingerprint density at radius 1 is 1.22 bits per heavy atom. The van der Waals surface area contributed by atoms with E-state index in [9.17, 15) is 19.5 Å². The number of nitrogens with two attached hydrogens (primary N) is 1. The first kappa shape index (κ1) is 21.5. The van der Waals surface area contributed by atoms with Gasteiger partial charge in [0.15, 0.2) is 12.2 Å². The number of morpholine rings is 1. The van der Waals surface area contributed by atoms with Crippen LogP contribution in [0.25, 0.3) is 0 Å². The fraction of sp³-hybridized carbons (Fsp3) is 0.273. The van der Waals surface area contributed by atoms with Crippen LogP contribution in [0.4, 0.5) is 17.1 Å². The number of carbonyl (C=O) groups is 3. The number of hydrogen-bond donors (Lipinski definition) is 5. The van der Waals surface area contributed by atoms with E-state index in [0.29, 0.717) is 35.5 Å². The number of aryl methyl sites for hydroxylation is 1. The van der Waals surface area contributed by atoms with E-state index in [1.807, 2.05) is 6.07 Å². The number of aliphatic hydroxyl groups excluding tert-OH is 1. The smallest absolute Gasteiger partial charge is 0.259 e. The Hall–Kier alpha value is -3.76. The van der Waals surface area contributed by atoms with Gasteiger partial charge < -0.3 is 31.1 Å². The number of fused-ring (bicyclic) bond motifs is 1. The normalized spacial score (nSPS) is 19.0. The van der Waals surface area contributed by atoms with Gasteiger partial charge >= 0.3 is 0 Å². The summed E-state index contributed by atoms with van der Waals surface area (Å²) in [5, 5.41) is 23.2. The van der Waals surface area contributed by atoms with E-state index in [0.717, 1.165) is 5.56 Å². The van der Waals surface area contributed by atoms with Crippen LogP contribution in [0.15, 0.2) is 42.5 Å². The molecule has 0 bridgehead atoms. The van der Waals surface area contributed by atoms with Crippen molar-refractivity contribution in [2.24, 2.45) is 5.73 Å². The molecule has 0 spiro atoms. The molecule has 3 amide bonds. The van der Waals surface area contributed by atoms with Crippen LogP contribution in [-0.2, 0) is 25.5 Å². The van der Waals surface area contributed by atoms with Gasteiger partial charge in [0.25, 0.3) is 11.8 Å². The number of benzene rings is 2. The molecule has 32 heavy (non-hydrogen) atoms. The number of aliphatic hydroxyl groups is 1. The van der Waals surface area contributed by atoms with Crippen molar-refractivity contribution >= 4 is 40.6 Å². The van der Waals surface area contributed by atoms with Crippen LogP contribution in [0.3, 0.4) is 0 Å². The number of nitrogens with zero attached hydrogens (tertiary/aromatic N) is 1. The number of amidine groups is 1. The average molecular weight is 437 g/mol. The highest BCUT2D eigenvalue weighted by Gasteiger charge is 2.39. The molecule has 1 saturated heterocycles. The summed E-state index contributed by atoms with van der Waals surface area (Å²) in [7, 11) is 0. The molecule has 2 aliphatic heterocycles. The molecule has 2 aromatic carbocycles. The molecule has 2 aromatic rings. The fourth-order valence-corrected chi connectivity index (χ4v) is 3.70. The molecule has 2 atom stereocenters. The summed E-state index contributed by atoms with van der Waals surface area (Å²) >= 11 is 0. The summed E-state index contributed by atoms with van der Waals surface area (Å²) < 4.78 is 5.43. The highest BCUT2D eigenvalue weighted by atomic mass is 16.5. The number of amides is 3. The minimum absolute atomic E-state index is 0.0794. The quantitative estimate of drug-likeness (QED) is 0.340. The number of anilines is 3. The summed E-state index contributed by atoms with van der Waals surface area (Å²) in [5.74, 6) is -1.53. The molecule has 10 nitrogen and oxygen atoms in total. The first-order valence-electron chi connectivity index (χ1n) is 10.1. The monoisotopic (exact) mass is 437 g/mol. The maximum absolute atomic E-state index is 13.0. The summed E-state index contributed by atoms with van der Waals surface area (Å²) in [5.41, 5.74) is 8.47. The third kappa shape index (κ3) is 4.32. The van der Waals surface area contributed by atoms with Crippen LogP contribution in [-0.4, -0.2) is 54.0 Å². The van der Waals surface area contributed by atoms with Gasteiger partial charge in [-0.25, -0.2) is 0 Å². The number of ether oxygens (including phenoxy) is 1. The summed E-state index contributed by atoms with van der Waals surface area (Å²) in [6.45, 7) is 0.389. The van der Waals surface area contributed by atoms with E-state index in [4.69, 9.17) is 15.9 Å². The standard InChI is InChI=1S/C22H23N5O5/c23-20(24)13-1-5-14(6-2-13)25-21(30)18(29)19-22(31)27(9-10-32-19)15-7-3-12-4-8-17(28)26-16(12)11-15/h1-3,5-7,11,18-19,29H,4,8-10H2,(H3,23,24)(H,25,30)(H,26,28)/t18?,19-/m1/s1. The molecule has 1 unspecified atom stereocenters. The van der Waals surface area contributed by atoms with E-state index in [1.54, 1.807) is 36.4 Å². The van der Waals surface area contributed by atoms with E-state index in [-0.39, 0.29) is 24.9 Å². The van der Waals surface area contributed by atoms with Gasteiger partial charge in [-0.1, -0.05) is 6.07 Å². The Balaban J connectivity index is 1.46. The molecule has 0 aliphatic carbocycles. The van der Waals surface area contributed by atoms with Crippen LogP contribution in [0.2, 0.25) is 0 Å². The molecular formula is C22H23N5O5. The molecule has 4 rings (SSSR count). The van der Waals surface area contributed by atoms with E-state index >= 15 is 0 Å². The van der Waals surface area contributed by atoms with Crippen molar-refractivity contribution in [1.82, 2.24) is 0 Å². The molecule has 10 heteroatoms. The highest BCUT2D eigenvalue weighted by molar-refractivity contribution is 6.04. The molecule has 0 radical (unpaired) electrons. The van der Waals surface area contributed by atoms with Gasteiger partial charge in [0.05, 0.1) is 6.61 Å². The second-order valence-corrected chi connectivity index (χ2v) is 7.60. The van der Waals surface area contributed by atoms with Crippen molar-refractivity contribution in [1.29, 1.82) is 5.41 Å². The van der Waals surface area contributed by atoms with Gasteiger partial charge in [0.1, 0.15) is 5.84 Å². The molecule has 1 fully saturated rings. The Morgan fingerprint density at radius 3 is 2.69 bits per heavy atom. The number of nitrogens with one attached hydrogen (secondary N) is 3. The van der Waals surface area contributed by atoms with Gasteiger partial charge in [0.2, 0.25) is 5.91 Å². The third-order valence-electron chi connectivity index (χ3n) is 5.44. The second-order valence-electron chi connectivity index (χ2n) is 7.60.